The second-order valence-electron chi connectivity index (χ2n) is 4.48. The lowest BCUT2D eigenvalue weighted by atomic mass is 10.1. The molecule has 2 amide bonds. The summed E-state index contributed by atoms with van der Waals surface area (Å²) in [6.45, 7) is 0.898. The van der Waals surface area contributed by atoms with E-state index in [4.69, 9.17) is 5.73 Å². The van der Waals surface area contributed by atoms with Gasteiger partial charge in [0, 0.05) is 5.69 Å². The van der Waals surface area contributed by atoms with Gasteiger partial charge in [-0.25, -0.2) is 0 Å². The van der Waals surface area contributed by atoms with Gasteiger partial charge in [-0.1, -0.05) is 12.1 Å². The average Bonchev–Trinajstić information content (AvgIpc) is 2.84. The Morgan fingerprint density at radius 3 is 2.61 bits per heavy atom. The first-order valence-corrected chi connectivity index (χ1v) is 6.06. The van der Waals surface area contributed by atoms with Gasteiger partial charge in [0.2, 0.25) is 11.8 Å². The van der Waals surface area contributed by atoms with Crippen LogP contribution in [0.25, 0.3) is 0 Å². The first-order chi connectivity index (χ1) is 8.65. The number of hydrogen-bond donors (Lipinski definition) is 3. The van der Waals surface area contributed by atoms with E-state index in [0.717, 1.165) is 30.6 Å². The molecule has 5 nitrogen and oxygen atoms in total. The Kier molecular flexibility index (Phi) is 3.94. The van der Waals surface area contributed by atoms with Crippen molar-refractivity contribution in [2.75, 3.05) is 11.9 Å². The number of nitrogens with two attached hydrogens (primary N) is 1. The van der Waals surface area contributed by atoms with Crippen LogP contribution in [0, 0.1) is 0 Å². The molecule has 18 heavy (non-hydrogen) atoms. The van der Waals surface area contributed by atoms with Crippen LogP contribution in [0.1, 0.15) is 18.4 Å². The maximum absolute atomic E-state index is 11.8. The van der Waals surface area contributed by atoms with Crippen molar-refractivity contribution in [2.45, 2.75) is 25.3 Å². The molecule has 2 rings (SSSR count). The molecule has 1 aromatic rings. The minimum absolute atomic E-state index is 0.00449. The molecule has 4 N–H and O–H groups in total. The zero-order valence-electron chi connectivity index (χ0n) is 10.1. The quantitative estimate of drug-likeness (QED) is 0.720. The van der Waals surface area contributed by atoms with Gasteiger partial charge in [-0.05, 0) is 37.1 Å². The van der Waals surface area contributed by atoms with Crippen LogP contribution in [0.5, 0.6) is 0 Å². The topological polar surface area (TPSA) is 84.2 Å². The summed E-state index contributed by atoms with van der Waals surface area (Å²) in [5.41, 5.74) is 6.69. The third kappa shape index (κ3) is 3.30. The first kappa shape index (κ1) is 12.6. The maximum Gasteiger partial charge on any atom is 0.241 e. The molecule has 1 aliphatic rings. The minimum Gasteiger partial charge on any atom is -0.369 e. The average molecular weight is 247 g/mol. The predicted octanol–water partition coefficient (Wildman–Crippen LogP) is 0.405. The summed E-state index contributed by atoms with van der Waals surface area (Å²) in [6.07, 6.45) is 2.14. The number of primary amides is 1. The van der Waals surface area contributed by atoms with Crippen LogP contribution in [0.3, 0.4) is 0 Å². The van der Waals surface area contributed by atoms with Gasteiger partial charge >= 0.3 is 0 Å². The molecule has 96 valence electrons. The molecule has 0 radical (unpaired) electrons. The van der Waals surface area contributed by atoms with Gasteiger partial charge in [-0.15, -0.1) is 0 Å². The van der Waals surface area contributed by atoms with Gasteiger partial charge in [0.1, 0.15) is 0 Å². The van der Waals surface area contributed by atoms with Crippen LogP contribution in [0.4, 0.5) is 5.69 Å². The van der Waals surface area contributed by atoms with Crippen molar-refractivity contribution in [1.82, 2.24) is 5.32 Å². The monoisotopic (exact) mass is 247 g/mol. The number of amides is 2. The van der Waals surface area contributed by atoms with Crippen LogP contribution in [0.15, 0.2) is 24.3 Å². The molecule has 0 saturated carbocycles. The van der Waals surface area contributed by atoms with E-state index in [0.29, 0.717) is 0 Å². The lowest BCUT2D eigenvalue weighted by Crippen LogP contribution is -2.35. The number of rotatable bonds is 4. The van der Waals surface area contributed by atoms with Crippen molar-refractivity contribution in [3.05, 3.63) is 29.8 Å². The van der Waals surface area contributed by atoms with Crippen molar-refractivity contribution in [1.29, 1.82) is 0 Å². The molecular formula is C13H17N3O2. The van der Waals surface area contributed by atoms with Crippen LogP contribution < -0.4 is 16.4 Å². The van der Waals surface area contributed by atoms with Gasteiger partial charge < -0.3 is 16.4 Å². The Balaban J connectivity index is 1.93. The summed E-state index contributed by atoms with van der Waals surface area (Å²) in [4.78, 5) is 22.6. The highest BCUT2D eigenvalue weighted by Gasteiger charge is 2.21. The smallest absolute Gasteiger partial charge is 0.241 e. The van der Waals surface area contributed by atoms with Gasteiger partial charge in [-0.3, -0.25) is 9.59 Å². The summed E-state index contributed by atoms with van der Waals surface area (Å²) in [5, 5.41) is 5.99. The number of carbonyl (C=O) groups is 2. The Bertz CT molecular complexity index is 436. The third-order valence-electron chi connectivity index (χ3n) is 2.98. The minimum atomic E-state index is -0.359. The van der Waals surface area contributed by atoms with Crippen molar-refractivity contribution in [2.24, 2.45) is 5.73 Å². The summed E-state index contributed by atoms with van der Waals surface area (Å²) >= 11 is 0. The van der Waals surface area contributed by atoms with E-state index >= 15 is 0 Å². The van der Waals surface area contributed by atoms with Gasteiger partial charge in [0.15, 0.2) is 0 Å². The molecule has 1 fully saturated rings. The second-order valence-corrected chi connectivity index (χ2v) is 4.48. The van der Waals surface area contributed by atoms with Crippen LogP contribution in [-0.2, 0) is 16.0 Å². The number of hydrogen-bond acceptors (Lipinski definition) is 3. The summed E-state index contributed by atoms with van der Waals surface area (Å²) in [7, 11) is 0. The highest BCUT2D eigenvalue weighted by Crippen LogP contribution is 2.12. The molecule has 1 aliphatic heterocycles. The Labute approximate surface area is 106 Å². The van der Waals surface area contributed by atoms with Crippen LogP contribution >= 0.6 is 0 Å². The fourth-order valence-electron chi connectivity index (χ4n) is 2.04. The highest BCUT2D eigenvalue weighted by molar-refractivity contribution is 5.95. The number of benzene rings is 1. The molecule has 1 heterocycles. The molecule has 0 aliphatic carbocycles. The van der Waals surface area contributed by atoms with Gasteiger partial charge in [-0.2, -0.15) is 0 Å². The molecular weight excluding hydrogens is 230 g/mol. The largest absolute Gasteiger partial charge is 0.369 e. The standard InChI is InChI=1S/C13H17N3O2/c14-12(17)8-9-3-5-10(6-4-9)16-13(18)11-2-1-7-15-11/h3-6,11,15H,1-2,7-8H2,(H2,14,17)(H,16,18)/t11-/m0/s1. The number of carbonyl (C=O) groups excluding carboxylic acids is 2. The van der Waals surface area contributed by atoms with Crippen LogP contribution in [-0.4, -0.2) is 24.4 Å². The molecule has 0 aromatic heterocycles. The Hall–Kier alpha value is -1.88. The van der Waals surface area contributed by atoms with E-state index in [9.17, 15) is 9.59 Å². The van der Waals surface area contributed by atoms with E-state index < -0.39 is 0 Å². The third-order valence-corrected chi connectivity index (χ3v) is 2.98. The second kappa shape index (κ2) is 5.64. The Morgan fingerprint density at radius 2 is 2.06 bits per heavy atom. The van der Waals surface area contributed by atoms with Crippen molar-refractivity contribution in [3.8, 4) is 0 Å². The lowest BCUT2D eigenvalue weighted by Gasteiger charge is -2.11. The molecule has 1 atom stereocenters. The van der Waals surface area contributed by atoms with E-state index in [1.165, 1.54) is 0 Å². The zero-order valence-corrected chi connectivity index (χ0v) is 10.1. The predicted molar refractivity (Wildman–Crippen MR) is 69.0 cm³/mol. The molecule has 0 spiro atoms. The first-order valence-electron chi connectivity index (χ1n) is 6.06. The number of nitrogens with one attached hydrogen (secondary N) is 2. The molecule has 1 aromatic carbocycles. The fraction of sp³-hybridized carbons (Fsp3) is 0.385. The Morgan fingerprint density at radius 1 is 1.33 bits per heavy atom. The molecule has 0 unspecified atom stereocenters. The molecule has 0 bridgehead atoms. The summed E-state index contributed by atoms with van der Waals surface area (Å²) < 4.78 is 0. The SMILES string of the molecule is NC(=O)Cc1ccc(NC(=O)[C@@H]2CCCN2)cc1. The van der Waals surface area contributed by atoms with Crippen molar-refractivity contribution < 1.29 is 9.59 Å². The van der Waals surface area contributed by atoms with E-state index in [1.54, 1.807) is 24.3 Å². The van der Waals surface area contributed by atoms with Crippen LogP contribution in [0.2, 0.25) is 0 Å². The van der Waals surface area contributed by atoms with E-state index in [2.05, 4.69) is 10.6 Å². The zero-order chi connectivity index (χ0) is 13.0. The normalized spacial score (nSPS) is 18.6. The maximum atomic E-state index is 11.8. The van der Waals surface area contributed by atoms with Crippen molar-refractivity contribution in [3.63, 3.8) is 0 Å². The highest BCUT2D eigenvalue weighted by atomic mass is 16.2. The summed E-state index contributed by atoms with van der Waals surface area (Å²) in [6, 6.07) is 7.07. The molecule has 5 heteroatoms. The van der Waals surface area contributed by atoms with E-state index in [1.807, 2.05) is 0 Å². The van der Waals surface area contributed by atoms with Crippen molar-refractivity contribution >= 4 is 17.5 Å². The lowest BCUT2D eigenvalue weighted by molar-refractivity contribution is -0.118. The van der Waals surface area contributed by atoms with E-state index in [-0.39, 0.29) is 24.3 Å². The van der Waals surface area contributed by atoms with Gasteiger partial charge in [0.05, 0.1) is 12.5 Å². The van der Waals surface area contributed by atoms with Gasteiger partial charge in [0.25, 0.3) is 0 Å². The summed E-state index contributed by atoms with van der Waals surface area (Å²) in [5.74, 6) is -0.364. The fourth-order valence-corrected chi connectivity index (χ4v) is 2.04. The number of anilines is 1. The molecule has 1 saturated heterocycles.